The van der Waals surface area contributed by atoms with Crippen LogP contribution in [0.1, 0.15) is 39.2 Å². The lowest BCUT2D eigenvalue weighted by Gasteiger charge is -2.25. The molecule has 0 unspecified atom stereocenters. The molecule has 1 aliphatic carbocycles. The van der Waals surface area contributed by atoms with Crippen LogP contribution in [0.15, 0.2) is 42.5 Å². The second kappa shape index (κ2) is 9.53. The number of benzene rings is 2. The molecule has 3 aromatic rings. The summed E-state index contributed by atoms with van der Waals surface area (Å²) in [6.07, 6.45) is 2.67. The molecule has 4 rings (SSSR count). The molecule has 0 spiro atoms. The Labute approximate surface area is 188 Å². The molecule has 0 saturated heterocycles. The Kier molecular flexibility index (Phi) is 6.55. The monoisotopic (exact) mass is 437 g/mol. The minimum atomic E-state index is -0.403. The summed E-state index contributed by atoms with van der Waals surface area (Å²) < 4.78 is 18.5. The fourth-order valence-corrected chi connectivity index (χ4v) is 3.98. The van der Waals surface area contributed by atoms with Gasteiger partial charge >= 0.3 is 6.09 Å². The number of hydrogen-bond acceptors (Lipinski definition) is 5. The highest BCUT2D eigenvalue weighted by atomic mass is 16.6. The highest BCUT2D eigenvalue weighted by molar-refractivity contribution is 6.01. The third kappa shape index (κ3) is 4.53. The topological polar surface area (TPSA) is 87.7 Å². The maximum Gasteiger partial charge on any atom is 0.411 e. The molecule has 0 bridgehead atoms. The maximum atomic E-state index is 12.0. The summed E-state index contributed by atoms with van der Waals surface area (Å²) in [4.78, 5) is 12.0. The number of methoxy groups -OCH3 is 1. The molecular formula is C25H31N3O4. The Morgan fingerprint density at radius 3 is 2.53 bits per heavy atom. The van der Waals surface area contributed by atoms with Crippen LogP contribution in [-0.2, 0) is 9.47 Å². The third-order valence-electron chi connectivity index (χ3n) is 5.82. The van der Waals surface area contributed by atoms with Gasteiger partial charge in [-0.2, -0.15) is 0 Å². The number of carbonyl (C=O) groups is 1. The molecule has 0 aliphatic heterocycles. The third-order valence-corrected chi connectivity index (χ3v) is 5.82. The number of carbonyl (C=O) groups excluding carboxylic acids is 1. The van der Waals surface area contributed by atoms with Crippen LogP contribution in [0.5, 0.6) is 5.75 Å². The molecule has 1 heterocycles. The van der Waals surface area contributed by atoms with E-state index >= 15 is 0 Å². The number of aromatic nitrogens is 1. The van der Waals surface area contributed by atoms with Crippen molar-refractivity contribution in [3.05, 3.63) is 42.5 Å². The van der Waals surface area contributed by atoms with Crippen LogP contribution in [0.2, 0.25) is 0 Å². The molecule has 1 aliphatic rings. The molecule has 0 radical (unpaired) electrons. The standard InChI is InChI=1S/C25H31N3O4/c1-16(2)28-22-15-20(31-14-13-30-3)11-12-21(22)23(26)24(28)17-7-9-18(10-8-17)27-25(29)32-19-5-4-6-19/h7-12,15-16,19H,4-6,13-14,26H2,1-3H3,(H,27,29). The van der Waals surface area contributed by atoms with E-state index in [1.54, 1.807) is 7.11 Å². The highest BCUT2D eigenvalue weighted by Crippen LogP contribution is 2.40. The first-order valence-corrected chi connectivity index (χ1v) is 11.1. The normalized spacial score (nSPS) is 13.9. The lowest BCUT2D eigenvalue weighted by atomic mass is 9.96. The van der Waals surface area contributed by atoms with Gasteiger partial charge in [0.2, 0.25) is 0 Å². The van der Waals surface area contributed by atoms with Crippen molar-refractivity contribution in [3.63, 3.8) is 0 Å². The smallest absolute Gasteiger partial charge is 0.411 e. The number of nitrogens with one attached hydrogen (secondary N) is 1. The Balaban J connectivity index is 1.61. The zero-order valence-electron chi connectivity index (χ0n) is 18.9. The summed E-state index contributed by atoms with van der Waals surface area (Å²) >= 11 is 0. The molecule has 32 heavy (non-hydrogen) atoms. The van der Waals surface area contributed by atoms with Gasteiger partial charge in [-0.15, -0.1) is 0 Å². The molecule has 3 N–H and O–H groups in total. The summed E-state index contributed by atoms with van der Waals surface area (Å²) in [6.45, 7) is 5.29. The summed E-state index contributed by atoms with van der Waals surface area (Å²) in [5, 5.41) is 3.79. The van der Waals surface area contributed by atoms with E-state index in [1.807, 2.05) is 42.5 Å². The van der Waals surface area contributed by atoms with Gasteiger partial charge in [-0.05, 0) is 57.4 Å². The summed E-state index contributed by atoms with van der Waals surface area (Å²) in [6, 6.07) is 13.8. The van der Waals surface area contributed by atoms with Gasteiger partial charge in [-0.1, -0.05) is 12.1 Å². The van der Waals surface area contributed by atoms with Crippen LogP contribution in [0.4, 0.5) is 16.2 Å². The number of fused-ring (bicyclic) bond motifs is 1. The fourth-order valence-electron chi connectivity index (χ4n) is 3.98. The lowest BCUT2D eigenvalue weighted by molar-refractivity contribution is 0.0624. The fraction of sp³-hybridized carbons (Fsp3) is 0.400. The summed E-state index contributed by atoms with van der Waals surface area (Å²) in [5.74, 6) is 0.782. The van der Waals surface area contributed by atoms with Crippen molar-refractivity contribution >= 4 is 28.4 Å². The van der Waals surface area contributed by atoms with Crippen molar-refractivity contribution in [2.75, 3.05) is 31.4 Å². The van der Waals surface area contributed by atoms with Gasteiger partial charge < -0.3 is 24.5 Å². The molecule has 1 fully saturated rings. The van der Waals surface area contributed by atoms with Gasteiger partial charge in [0.15, 0.2) is 0 Å². The van der Waals surface area contributed by atoms with Crippen LogP contribution < -0.4 is 15.8 Å². The SMILES string of the molecule is COCCOc1ccc2c(N)c(-c3ccc(NC(=O)OC4CCC4)cc3)n(C(C)C)c2c1. The van der Waals surface area contributed by atoms with E-state index in [0.717, 1.165) is 52.9 Å². The van der Waals surface area contributed by atoms with Crippen molar-refractivity contribution < 1.29 is 19.0 Å². The Hall–Kier alpha value is -3.19. The second-order valence-corrected chi connectivity index (χ2v) is 8.41. The number of hydrogen-bond donors (Lipinski definition) is 2. The van der Waals surface area contributed by atoms with Gasteiger partial charge in [0.25, 0.3) is 0 Å². The average Bonchev–Trinajstić information content (AvgIpc) is 3.04. The zero-order chi connectivity index (χ0) is 22.7. The van der Waals surface area contributed by atoms with E-state index in [2.05, 4.69) is 23.7 Å². The number of nitrogens with zero attached hydrogens (tertiary/aromatic N) is 1. The number of ether oxygens (including phenoxy) is 3. The van der Waals surface area contributed by atoms with Crippen molar-refractivity contribution in [2.24, 2.45) is 0 Å². The predicted molar refractivity (Wildman–Crippen MR) is 127 cm³/mol. The number of nitrogen functional groups attached to an aromatic ring is 1. The van der Waals surface area contributed by atoms with Gasteiger partial charge in [0.1, 0.15) is 18.5 Å². The Bertz CT molecular complexity index is 1080. The van der Waals surface area contributed by atoms with Crippen molar-refractivity contribution in [1.29, 1.82) is 0 Å². The molecule has 1 aromatic heterocycles. The van der Waals surface area contributed by atoms with E-state index in [0.29, 0.717) is 18.9 Å². The number of nitrogens with two attached hydrogens (primary N) is 1. The highest BCUT2D eigenvalue weighted by Gasteiger charge is 2.22. The van der Waals surface area contributed by atoms with E-state index in [9.17, 15) is 4.79 Å². The number of anilines is 2. The van der Waals surface area contributed by atoms with Crippen molar-refractivity contribution in [2.45, 2.75) is 45.3 Å². The van der Waals surface area contributed by atoms with Gasteiger partial charge in [-0.3, -0.25) is 5.32 Å². The van der Waals surface area contributed by atoms with Gasteiger partial charge in [-0.25, -0.2) is 4.79 Å². The summed E-state index contributed by atoms with van der Waals surface area (Å²) in [7, 11) is 1.65. The number of amides is 1. The maximum absolute atomic E-state index is 12.0. The molecule has 1 amide bonds. The van der Waals surface area contributed by atoms with Gasteiger partial charge in [0.05, 0.1) is 23.5 Å². The van der Waals surface area contributed by atoms with Crippen molar-refractivity contribution in [3.8, 4) is 17.0 Å². The summed E-state index contributed by atoms with van der Waals surface area (Å²) in [5.41, 5.74) is 11.0. The van der Waals surface area contributed by atoms with Crippen LogP contribution >= 0.6 is 0 Å². The second-order valence-electron chi connectivity index (χ2n) is 8.41. The van der Waals surface area contributed by atoms with E-state index in [1.165, 1.54) is 0 Å². The molecule has 7 nitrogen and oxygen atoms in total. The average molecular weight is 438 g/mol. The molecule has 0 atom stereocenters. The van der Waals surface area contributed by atoms with E-state index in [4.69, 9.17) is 19.9 Å². The zero-order valence-corrected chi connectivity index (χ0v) is 18.9. The van der Waals surface area contributed by atoms with E-state index < -0.39 is 6.09 Å². The van der Waals surface area contributed by atoms with Crippen LogP contribution in [-0.4, -0.2) is 37.1 Å². The minimum absolute atomic E-state index is 0.0548. The largest absolute Gasteiger partial charge is 0.491 e. The molecule has 1 saturated carbocycles. The Morgan fingerprint density at radius 1 is 1.16 bits per heavy atom. The first-order valence-electron chi connectivity index (χ1n) is 11.1. The molecule has 2 aromatic carbocycles. The van der Waals surface area contributed by atoms with E-state index in [-0.39, 0.29) is 12.1 Å². The van der Waals surface area contributed by atoms with Crippen LogP contribution in [0.3, 0.4) is 0 Å². The van der Waals surface area contributed by atoms with Crippen molar-refractivity contribution in [1.82, 2.24) is 4.57 Å². The van der Waals surface area contributed by atoms with Crippen LogP contribution in [0, 0.1) is 0 Å². The number of rotatable bonds is 8. The lowest BCUT2D eigenvalue weighted by Crippen LogP contribution is -2.27. The molecule has 7 heteroatoms. The first-order chi connectivity index (χ1) is 15.5. The molecular weight excluding hydrogens is 406 g/mol. The van der Waals surface area contributed by atoms with Gasteiger partial charge in [0, 0.05) is 35.9 Å². The minimum Gasteiger partial charge on any atom is -0.491 e. The Morgan fingerprint density at radius 2 is 1.91 bits per heavy atom. The molecule has 170 valence electrons. The van der Waals surface area contributed by atoms with Crippen LogP contribution in [0.25, 0.3) is 22.2 Å². The first kappa shape index (κ1) is 22.0. The predicted octanol–water partition coefficient (Wildman–Crippen LogP) is 5.60. The quantitative estimate of drug-likeness (QED) is 0.448.